The molecule has 4 N–H and O–H groups in total. The third kappa shape index (κ3) is 10.1. The number of carbonyl (C=O) groups is 1. The normalized spacial score (nSPS) is 7.00. The first-order valence-corrected chi connectivity index (χ1v) is 2.31. The van der Waals surface area contributed by atoms with Crippen LogP contribution in [0.2, 0.25) is 0 Å². The molecule has 0 amide bonds. The van der Waals surface area contributed by atoms with Gasteiger partial charge in [-0.05, 0) is 0 Å². The van der Waals surface area contributed by atoms with E-state index in [0.717, 1.165) is 4.90 Å². The second-order valence-corrected chi connectivity index (χ2v) is 1.64. The molecule has 0 aromatic rings. The molecule has 11 heavy (non-hydrogen) atoms. The van der Waals surface area contributed by atoms with Gasteiger partial charge in [0.1, 0.15) is 6.54 Å². The number of carboxylic acid groups (broad SMARTS) is 1. The summed E-state index contributed by atoms with van der Waals surface area (Å²) in [6.45, 7) is -0.227. The van der Waals surface area contributed by atoms with Crippen molar-refractivity contribution >= 4 is 35.0 Å². The minimum absolute atomic E-state index is 0. The molecule has 0 atom stereocenters. The van der Waals surface area contributed by atoms with Crippen molar-refractivity contribution in [3.63, 3.8) is 0 Å². The molecule has 56 valence electrons. The molecule has 0 spiro atoms. The average Bonchev–Trinajstić information content (AvgIpc) is 1.63. The number of nitrogens with two attached hydrogens (primary N) is 1. The maximum Gasteiger partial charge on any atom is 0.323 e. The third-order valence-electron chi connectivity index (χ3n) is 0.784. The quantitative estimate of drug-likeness (QED) is 0.301. The molecule has 0 fully saturated rings. The fourth-order valence-electron chi connectivity index (χ4n) is 0.288. The van der Waals surface area contributed by atoms with E-state index in [9.17, 15) is 4.79 Å². The molecule has 0 unspecified atom stereocenters. The molecule has 0 rings (SSSR count). The van der Waals surface area contributed by atoms with Gasteiger partial charge in [-0.15, -0.1) is 0 Å². The third-order valence-corrected chi connectivity index (χ3v) is 0.784. The SMILES string of the molecule is CN(CC(=O)O)C(=N)N.[Mg].[Zn]. The van der Waals surface area contributed by atoms with E-state index in [1.165, 1.54) is 7.05 Å². The van der Waals surface area contributed by atoms with E-state index in [0.29, 0.717) is 0 Å². The molecule has 0 bridgehead atoms. The summed E-state index contributed by atoms with van der Waals surface area (Å²) < 4.78 is 0. The second kappa shape index (κ2) is 8.23. The second-order valence-electron chi connectivity index (χ2n) is 1.64. The Kier molecular flexibility index (Phi) is 12.9. The largest absolute Gasteiger partial charge is 0.480 e. The summed E-state index contributed by atoms with van der Waals surface area (Å²) in [4.78, 5) is 11.0. The first kappa shape index (κ1) is 17.3. The van der Waals surface area contributed by atoms with Crippen LogP contribution in [-0.4, -0.2) is 58.6 Å². The van der Waals surface area contributed by atoms with Gasteiger partial charge in [-0.3, -0.25) is 10.2 Å². The molecule has 2 radical (unpaired) electrons. The van der Waals surface area contributed by atoms with Crippen LogP contribution in [0, 0.1) is 5.41 Å². The molecular formula is C4H9MgN3O2Zn. The molecule has 0 aliphatic carbocycles. The minimum Gasteiger partial charge on any atom is -0.480 e. The fraction of sp³-hybridized carbons (Fsp3) is 0.500. The molecule has 0 aliphatic heterocycles. The van der Waals surface area contributed by atoms with E-state index < -0.39 is 5.97 Å². The maximum atomic E-state index is 9.92. The molecule has 0 heterocycles. The summed E-state index contributed by atoms with van der Waals surface area (Å²) in [6, 6.07) is 0. The van der Waals surface area contributed by atoms with Gasteiger partial charge < -0.3 is 15.7 Å². The number of hydrogen-bond donors (Lipinski definition) is 3. The summed E-state index contributed by atoms with van der Waals surface area (Å²) in [5.74, 6) is -1.23. The summed E-state index contributed by atoms with van der Waals surface area (Å²) in [5.41, 5.74) is 4.93. The number of rotatable bonds is 2. The predicted molar refractivity (Wildman–Crippen MR) is 37.9 cm³/mol. The van der Waals surface area contributed by atoms with Crippen molar-refractivity contribution in [1.82, 2.24) is 4.90 Å². The Bertz CT molecular complexity index is 143. The van der Waals surface area contributed by atoms with E-state index in [4.69, 9.17) is 16.2 Å². The Hall–Kier alpha value is 0.130. The van der Waals surface area contributed by atoms with Crippen molar-refractivity contribution in [3.8, 4) is 0 Å². The Morgan fingerprint density at radius 3 is 2.18 bits per heavy atom. The van der Waals surface area contributed by atoms with Crippen molar-refractivity contribution < 1.29 is 29.4 Å². The topological polar surface area (TPSA) is 90.4 Å². The zero-order valence-corrected chi connectivity index (χ0v) is 10.9. The number of nitrogens with zero attached hydrogens (tertiary/aromatic N) is 1. The maximum absolute atomic E-state index is 9.92. The monoisotopic (exact) mass is 219 g/mol. The van der Waals surface area contributed by atoms with Crippen LogP contribution in [0.5, 0.6) is 0 Å². The van der Waals surface area contributed by atoms with Crippen LogP contribution in [0.3, 0.4) is 0 Å². The zero-order chi connectivity index (χ0) is 7.44. The first-order valence-electron chi connectivity index (χ1n) is 2.31. The van der Waals surface area contributed by atoms with Crippen LogP contribution in [0.15, 0.2) is 0 Å². The molecule has 5 nitrogen and oxygen atoms in total. The Morgan fingerprint density at radius 2 is 2.09 bits per heavy atom. The van der Waals surface area contributed by atoms with Crippen LogP contribution in [0.1, 0.15) is 0 Å². The van der Waals surface area contributed by atoms with Crippen LogP contribution in [0.25, 0.3) is 0 Å². The van der Waals surface area contributed by atoms with Gasteiger partial charge >= 0.3 is 5.97 Å². The van der Waals surface area contributed by atoms with Gasteiger partial charge in [0.15, 0.2) is 5.96 Å². The zero-order valence-electron chi connectivity index (χ0n) is 6.50. The van der Waals surface area contributed by atoms with Crippen LogP contribution in [-0.2, 0) is 24.3 Å². The molecule has 7 heteroatoms. The van der Waals surface area contributed by atoms with Gasteiger partial charge in [0.25, 0.3) is 0 Å². The first-order chi connectivity index (χ1) is 4.04. The van der Waals surface area contributed by atoms with E-state index in [-0.39, 0.29) is 55.0 Å². The van der Waals surface area contributed by atoms with Crippen molar-refractivity contribution in [1.29, 1.82) is 5.41 Å². The average molecular weight is 221 g/mol. The van der Waals surface area contributed by atoms with E-state index >= 15 is 0 Å². The Morgan fingerprint density at radius 1 is 1.73 bits per heavy atom. The Balaban J connectivity index is -0.000000320. The summed E-state index contributed by atoms with van der Waals surface area (Å²) in [6.07, 6.45) is 0. The smallest absolute Gasteiger partial charge is 0.323 e. The minimum atomic E-state index is -0.993. The van der Waals surface area contributed by atoms with Crippen LogP contribution in [0.4, 0.5) is 0 Å². The van der Waals surface area contributed by atoms with Gasteiger partial charge in [-0.1, -0.05) is 0 Å². The standard InChI is InChI=1S/C4H9N3O2.Mg.Zn/c1-7(4(5)6)2-3(8)9;;/h2H2,1H3,(H3,5,6)(H,8,9);;. The molecule has 0 aromatic carbocycles. The van der Waals surface area contributed by atoms with Gasteiger partial charge in [-0.2, -0.15) is 0 Å². The number of guanidine groups is 1. The van der Waals surface area contributed by atoms with Crippen molar-refractivity contribution in [2.24, 2.45) is 5.73 Å². The van der Waals surface area contributed by atoms with Gasteiger partial charge in [0.05, 0.1) is 0 Å². The van der Waals surface area contributed by atoms with Crippen LogP contribution < -0.4 is 5.73 Å². The molecule has 0 aliphatic rings. The number of hydrogen-bond acceptors (Lipinski definition) is 2. The molecule has 0 saturated heterocycles. The van der Waals surface area contributed by atoms with E-state index in [1.54, 1.807) is 0 Å². The van der Waals surface area contributed by atoms with Crippen molar-refractivity contribution in [2.45, 2.75) is 0 Å². The van der Waals surface area contributed by atoms with Crippen LogP contribution >= 0.6 is 0 Å². The van der Waals surface area contributed by atoms with E-state index in [2.05, 4.69) is 0 Å². The van der Waals surface area contributed by atoms with E-state index in [1.807, 2.05) is 0 Å². The summed E-state index contributed by atoms with van der Waals surface area (Å²) >= 11 is 0. The predicted octanol–water partition coefficient (Wildman–Crippen LogP) is -1.49. The van der Waals surface area contributed by atoms with Crippen molar-refractivity contribution in [2.75, 3.05) is 13.6 Å². The summed E-state index contributed by atoms with van der Waals surface area (Å²) in [5, 5.41) is 14.9. The van der Waals surface area contributed by atoms with Gasteiger partial charge in [0, 0.05) is 49.6 Å². The van der Waals surface area contributed by atoms with Crippen molar-refractivity contribution in [3.05, 3.63) is 0 Å². The van der Waals surface area contributed by atoms with Gasteiger partial charge in [-0.25, -0.2) is 0 Å². The summed E-state index contributed by atoms with van der Waals surface area (Å²) in [7, 11) is 1.44. The number of nitrogens with one attached hydrogen (secondary N) is 1. The Labute approximate surface area is 93.7 Å². The number of likely N-dealkylation sites (N-methyl/N-ethyl adjacent to an activating group) is 1. The fourth-order valence-corrected chi connectivity index (χ4v) is 0.288. The molecule has 0 aromatic heterocycles. The molecule has 0 saturated carbocycles. The number of aliphatic carboxylic acids is 1. The van der Waals surface area contributed by atoms with Gasteiger partial charge in [0.2, 0.25) is 0 Å². The molecular weight excluding hydrogens is 212 g/mol. The number of carboxylic acids is 1.